The zero-order valence-corrected chi connectivity index (χ0v) is 25.1. The van der Waals surface area contributed by atoms with Gasteiger partial charge in [0, 0.05) is 12.5 Å². The molecule has 0 heterocycles. The first-order chi connectivity index (χ1) is 16.2. The highest BCUT2D eigenvalue weighted by Crippen LogP contribution is 2.60. The maximum Gasteiger partial charge on any atom is 0.303 e. The number of fused-ring (bicyclic) bond motifs is 1. The van der Waals surface area contributed by atoms with Gasteiger partial charge in [0.2, 0.25) is 0 Å². The van der Waals surface area contributed by atoms with Crippen LogP contribution in [0.1, 0.15) is 112 Å². The van der Waals surface area contributed by atoms with E-state index in [1.165, 1.54) is 44.9 Å². The fraction of sp³-hybridized carbons (Fsp3) is 0.839. The van der Waals surface area contributed by atoms with Gasteiger partial charge < -0.3 is 9.53 Å². The van der Waals surface area contributed by atoms with Crippen molar-refractivity contribution in [2.75, 3.05) is 0 Å². The Kier molecular flexibility index (Phi) is 9.22. The second kappa shape index (κ2) is 11.3. The molecule has 0 amide bonds. The Hall–Kier alpha value is -0.873. The summed E-state index contributed by atoms with van der Waals surface area (Å²) in [6, 6.07) is 0. The van der Waals surface area contributed by atoms with Gasteiger partial charge in [0.1, 0.15) is 0 Å². The van der Waals surface area contributed by atoms with Crippen LogP contribution >= 0.6 is 0 Å². The van der Waals surface area contributed by atoms with E-state index in [9.17, 15) is 4.79 Å². The topological polar surface area (TPSA) is 46.5 Å². The summed E-state index contributed by atoms with van der Waals surface area (Å²) in [7, 11) is -1.74. The third-order valence-corrected chi connectivity index (χ3v) is 14.9. The van der Waals surface area contributed by atoms with E-state index >= 15 is 0 Å². The van der Waals surface area contributed by atoms with E-state index in [2.05, 4.69) is 66.8 Å². The molecule has 0 radical (unpaired) electrons. The Morgan fingerprint density at radius 1 is 1.23 bits per heavy atom. The molecule has 3 rings (SSSR count). The highest BCUT2D eigenvalue weighted by molar-refractivity contribution is 6.74. The van der Waals surface area contributed by atoms with Crippen molar-refractivity contribution in [2.45, 2.75) is 136 Å². The molecule has 0 saturated heterocycles. The van der Waals surface area contributed by atoms with Crippen molar-refractivity contribution >= 4 is 14.3 Å². The molecule has 0 bridgehead atoms. The maximum absolute atomic E-state index is 11.0. The largest absolute Gasteiger partial charge is 0.481 e. The van der Waals surface area contributed by atoms with Crippen molar-refractivity contribution in [3.05, 3.63) is 23.3 Å². The summed E-state index contributed by atoms with van der Waals surface area (Å²) in [4.78, 5) is 11.0. The van der Waals surface area contributed by atoms with Gasteiger partial charge in [-0.25, -0.2) is 0 Å². The van der Waals surface area contributed by atoms with Crippen LogP contribution in [-0.4, -0.2) is 25.5 Å². The molecule has 3 aliphatic rings. The van der Waals surface area contributed by atoms with Crippen LogP contribution in [0.2, 0.25) is 18.1 Å². The summed E-state index contributed by atoms with van der Waals surface area (Å²) >= 11 is 0. The van der Waals surface area contributed by atoms with Gasteiger partial charge in [0.05, 0.1) is 0 Å². The smallest absolute Gasteiger partial charge is 0.303 e. The van der Waals surface area contributed by atoms with Crippen LogP contribution in [0.3, 0.4) is 0 Å². The third kappa shape index (κ3) is 6.92. The van der Waals surface area contributed by atoms with Crippen molar-refractivity contribution in [2.24, 2.45) is 29.1 Å². The van der Waals surface area contributed by atoms with Gasteiger partial charge in [-0.05, 0) is 111 Å². The summed E-state index contributed by atoms with van der Waals surface area (Å²) in [6.45, 7) is 19.1. The zero-order valence-electron chi connectivity index (χ0n) is 24.1. The molecular formula is C31H54O3Si. The molecule has 0 unspecified atom stereocenters. The Balaban J connectivity index is 1.69. The first-order valence-corrected chi connectivity index (χ1v) is 17.4. The first kappa shape index (κ1) is 28.7. The number of hydrogen-bond acceptors (Lipinski definition) is 2. The minimum absolute atomic E-state index is 0.260. The second-order valence-electron chi connectivity index (χ2n) is 14.2. The van der Waals surface area contributed by atoms with Crippen LogP contribution in [-0.2, 0) is 9.22 Å². The lowest BCUT2D eigenvalue weighted by Gasteiger charge is -2.44. The normalized spacial score (nSPS) is 35.3. The lowest BCUT2D eigenvalue weighted by molar-refractivity contribution is -0.137. The fourth-order valence-corrected chi connectivity index (χ4v) is 8.84. The molecule has 3 aliphatic carbocycles. The number of aliphatic carboxylic acids is 1. The van der Waals surface area contributed by atoms with Crippen molar-refractivity contribution < 1.29 is 14.3 Å². The molecule has 0 aliphatic heterocycles. The summed E-state index contributed by atoms with van der Waals surface area (Å²) in [5.74, 6) is 2.10. The fourth-order valence-electron chi connectivity index (χ4n) is 7.47. The monoisotopic (exact) mass is 502 g/mol. The molecule has 1 N–H and O–H groups in total. The van der Waals surface area contributed by atoms with Crippen LogP contribution in [0.4, 0.5) is 0 Å². The average molecular weight is 503 g/mol. The molecule has 4 heteroatoms. The Labute approximate surface area is 217 Å². The molecule has 0 aromatic rings. The molecular weight excluding hydrogens is 448 g/mol. The van der Waals surface area contributed by atoms with Gasteiger partial charge in [0.25, 0.3) is 0 Å². The van der Waals surface area contributed by atoms with Crippen molar-refractivity contribution in [1.29, 1.82) is 0 Å². The predicted molar refractivity (Wildman–Crippen MR) is 150 cm³/mol. The molecule has 3 saturated carbocycles. The van der Waals surface area contributed by atoms with Gasteiger partial charge in [-0.1, -0.05) is 64.8 Å². The quantitative estimate of drug-likeness (QED) is 0.336. The van der Waals surface area contributed by atoms with E-state index in [4.69, 9.17) is 9.53 Å². The predicted octanol–water partition coefficient (Wildman–Crippen LogP) is 9.16. The van der Waals surface area contributed by atoms with Crippen LogP contribution in [0, 0.1) is 29.1 Å². The van der Waals surface area contributed by atoms with E-state index < -0.39 is 14.3 Å². The maximum atomic E-state index is 11.0. The molecule has 200 valence electrons. The second-order valence-corrected chi connectivity index (χ2v) is 18.9. The summed E-state index contributed by atoms with van der Waals surface area (Å²) in [6.07, 6.45) is 17.6. The number of carboxylic acid groups (broad SMARTS) is 1. The Bertz CT molecular complexity index is 805. The van der Waals surface area contributed by atoms with Gasteiger partial charge in [-0.15, -0.1) is 0 Å². The van der Waals surface area contributed by atoms with Crippen molar-refractivity contribution in [1.82, 2.24) is 0 Å². The standard InChI is InChI=1S/C31H54O3Si/c1-22-19-24(21-26(20-22)34-35(7,8)30(3,4)5)14-15-25-12-10-18-31(6)27(16-17-28(25)31)23(2)11-9-13-29(32)33/h14-15,22-23,26-28H,9-13,16-21H2,1-8H3,(H,32,33)/b24-14-,25-15+/t22-,23-,26+,27-,28+,31-/m1/s1. The Morgan fingerprint density at radius 3 is 2.60 bits per heavy atom. The van der Waals surface area contributed by atoms with Crippen LogP contribution in [0.5, 0.6) is 0 Å². The SMILES string of the molecule is C[C@@H]1C/C(=C/C=C2\CCC[C@]3(C)[C@@H]([C@H](C)CCCC(=O)O)CC[C@@H]23)C[C@@H](O[Si](C)(C)C(C)(C)C)C1. The third-order valence-electron chi connectivity index (χ3n) is 10.3. The van der Waals surface area contributed by atoms with Crippen LogP contribution in [0.15, 0.2) is 23.3 Å². The van der Waals surface area contributed by atoms with Crippen molar-refractivity contribution in [3.63, 3.8) is 0 Å². The molecule has 3 nitrogen and oxygen atoms in total. The number of carboxylic acids is 1. The van der Waals surface area contributed by atoms with Crippen LogP contribution in [0.25, 0.3) is 0 Å². The lowest BCUT2D eigenvalue weighted by atomic mass is 9.60. The van der Waals surface area contributed by atoms with Gasteiger partial charge in [0.15, 0.2) is 8.32 Å². The number of carbonyl (C=O) groups is 1. The van der Waals surface area contributed by atoms with Gasteiger partial charge >= 0.3 is 5.97 Å². The van der Waals surface area contributed by atoms with Crippen molar-refractivity contribution in [3.8, 4) is 0 Å². The highest BCUT2D eigenvalue weighted by atomic mass is 28.4. The van der Waals surface area contributed by atoms with E-state index in [1.54, 1.807) is 11.1 Å². The van der Waals surface area contributed by atoms with Gasteiger partial charge in [-0.3, -0.25) is 4.79 Å². The molecule has 6 atom stereocenters. The number of rotatable bonds is 8. The molecule has 35 heavy (non-hydrogen) atoms. The first-order valence-electron chi connectivity index (χ1n) is 14.5. The molecule has 0 spiro atoms. The highest BCUT2D eigenvalue weighted by Gasteiger charge is 2.50. The summed E-state index contributed by atoms with van der Waals surface area (Å²) < 4.78 is 6.85. The van der Waals surface area contributed by atoms with Gasteiger partial charge in [-0.2, -0.15) is 0 Å². The minimum atomic E-state index is -1.74. The number of allylic oxidation sites excluding steroid dienone is 3. The molecule has 0 aromatic carbocycles. The number of hydrogen-bond donors (Lipinski definition) is 1. The summed E-state index contributed by atoms with van der Waals surface area (Å²) in [5, 5.41) is 9.30. The molecule has 0 aromatic heterocycles. The average Bonchev–Trinajstić information content (AvgIpc) is 3.08. The minimum Gasteiger partial charge on any atom is -0.481 e. The molecule has 3 fully saturated rings. The summed E-state index contributed by atoms with van der Waals surface area (Å²) in [5.41, 5.74) is 3.66. The van der Waals surface area contributed by atoms with E-state index in [1.807, 2.05) is 0 Å². The zero-order chi connectivity index (χ0) is 26.0. The van der Waals surface area contributed by atoms with E-state index in [0.29, 0.717) is 35.7 Å². The van der Waals surface area contributed by atoms with E-state index in [0.717, 1.165) is 25.2 Å². The lowest BCUT2D eigenvalue weighted by Crippen LogP contribution is -2.45. The van der Waals surface area contributed by atoms with Crippen LogP contribution < -0.4 is 0 Å². The Morgan fingerprint density at radius 2 is 1.94 bits per heavy atom. The van der Waals surface area contributed by atoms with E-state index in [-0.39, 0.29) is 5.04 Å².